The molecule has 0 bridgehead atoms. The molecule has 1 fully saturated rings. The van der Waals surface area contributed by atoms with Gasteiger partial charge in [-0.15, -0.1) is 0 Å². The lowest BCUT2D eigenvalue weighted by molar-refractivity contribution is 0.0443. The van der Waals surface area contributed by atoms with E-state index in [1.165, 1.54) is 0 Å². The first-order chi connectivity index (χ1) is 11.1. The molecule has 0 unspecified atom stereocenters. The Kier molecular flexibility index (Phi) is 4.77. The normalized spacial score (nSPS) is 16.6. The molecule has 0 atom stereocenters. The summed E-state index contributed by atoms with van der Waals surface area (Å²) < 4.78 is 7.51. The number of nitrogens with one attached hydrogen (secondary N) is 1. The Morgan fingerprint density at radius 3 is 2.96 bits per heavy atom. The monoisotopic (exact) mass is 335 g/mol. The number of carbonyl (C=O) groups is 1. The van der Waals surface area contributed by atoms with Gasteiger partial charge in [0.05, 0.1) is 11.4 Å². The number of carbonyl (C=O) groups excluding carboxylic acids is 1. The van der Waals surface area contributed by atoms with E-state index in [4.69, 9.17) is 4.42 Å². The lowest BCUT2D eigenvalue weighted by atomic mass is 10.0. The van der Waals surface area contributed by atoms with E-state index >= 15 is 0 Å². The van der Waals surface area contributed by atoms with Crippen molar-refractivity contribution >= 4 is 17.7 Å². The molecule has 7 heteroatoms. The third-order valence-corrected chi connectivity index (χ3v) is 5.20. The minimum Gasteiger partial charge on any atom is -0.455 e. The Bertz CT molecular complexity index is 674. The maximum absolute atomic E-state index is 12.1. The van der Waals surface area contributed by atoms with Gasteiger partial charge in [-0.2, -0.15) is 0 Å². The van der Waals surface area contributed by atoms with Crippen LogP contribution in [0.4, 0.5) is 0 Å². The van der Waals surface area contributed by atoms with Crippen LogP contribution in [-0.4, -0.2) is 32.7 Å². The highest BCUT2D eigenvalue weighted by molar-refractivity contribution is 7.98. The molecule has 2 N–H and O–H groups in total. The Balaban J connectivity index is 1.52. The fourth-order valence-electron chi connectivity index (χ4n) is 2.75. The standard InChI is InChI=1S/C16H21N3O3S/c1-19-9-8-17-15(19)23-10-12-4-5-13(22-12)14(20)18-11-16(21)6-2-3-7-16/h4-5,8-9,21H,2-3,6-7,10-11H2,1H3,(H,18,20). The van der Waals surface area contributed by atoms with Crippen LogP contribution in [0, 0.1) is 0 Å². The van der Waals surface area contributed by atoms with Crippen molar-refractivity contribution in [2.45, 2.75) is 42.2 Å². The molecule has 0 spiro atoms. The third kappa shape index (κ3) is 3.97. The van der Waals surface area contributed by atoms with Crippen molar-refractivity contribution in [1.82, 2.24) is 14.9 Å². The predicted octanol–water partition coefficient (Wildman–Crippen LogP) is 2.34. The van der Waals surface area contributed by atoms with Gasteiger partial charge in [0.25, 0.3) is 5.91 Å². The number of rotatable bonds is 6. The number of aryl methyl sites for hydroxylation is 1. The van der Waals surface area contributed by atoms with Crippen molar-refractivity contribution in [3.63, 3.8) is 0 Å². The van der Waals surface area contributed by atoms with Crippen LogP contribution >= 0.6 is 11.8 Å². The highest BCUT2D eigenvalue weighted by Crippen LogP contribution is 2.28. The summed E-state index contributed by atoms with van der Waals surface area (Å²) in [5.74, 6) is 1.34. The van der Waals surface area contributed by atoms with Crippen LogP contribution in [0.15, 0.2) is 34.1 Å². The molecule has 2 aromatic heterocycles. The van der Waals surface area contributed by atoms with Crippen LogP contribution in [-0.2, 0) is 12.8 Å². The van der Waals surface area contributed by atoms with Gasteiger partial charge in [-0.05, 0) is 25.0 Å². The zero-order chi connectivity index (χ0) is 16.3. The van der Waals surface area contributed by atoms with Crippen molar-refractivity contribution < 1.29 is 14.3 Å². The molecule has 3 rings (SSSR count). The summed E-state index contributed by atoms with van der Waals surface area (Å²) in [6.07, 6.45) is 7.16. The molecule has 1 aliphatic carbocycles. The molecule has 0 saturated heterocycles. The summed E-state index contributed by atoms with van der Waals surface area (Å²) in [6, 6.07) is 3.47. The van der Waals surface area contributed by atoms with Gasteiger partial charge in [0.15, 0.2) is 10.9 Å². The number of thioether (sulfide) groups is 1. The molecule has 0 radical (unpaired) electrons. The first-order valence-corrected chi connectivity index (χ1v) is 8.74. The summed E-state index contributed by atoms with van der Waals surface area (Å²) in [5.41, 5.74) is -0.751. The summed E-state index contributed by atoms with van der Waals surface area (Å²) in [4.78, 5) is 16.3. The van der Waals surface area contributed by atoms with Crippen molar-refractivity contribution in [2.24, 2.45) is 7.05 Å². The second-order valence-electron chi connectivity index (χ2n) is 5.99. The van der Waals surface area contributed by atoms with Gasteiger partial charge in [0.2, 0.25) is 0 Å². The Morgan fingerprint density at radius 2 is 2.26 bits per heavy atom. The number of hydrogen-bond acceptors (Lipinski definition) is 5. The predicted molar refractivity (Wildman–Crippen MR) is 87.2 cm³/mol. The van der Waals surface area contributed by atoms with Crippen molar-refractivity contribution in [3.8, 4) is 0 Å². The fraction of sp³-hybridized carbons (Fsp3) is 0.500. The van der Waals surface area contributed by atoms with E-state index in [9.17, 15) is 9.90 Å². The van der Waals surface area contributed by atoms with Crippen LogP contribution in [0.25, 0.3) is 0 Å². The molecule has 1 aliphatic rings. The number of imidazole rings is 1. The SMILES string of the molecule is Cn1ccnc1SCc1ccc(C(=O)NCC2(O)CCCC2)o1. The van der Waals surface area contributed by atoms with Crippen LogP contribution in [0.2, 0.25) is 0 Å². The quantitative estimate of drug-likeness (QED) is 0.792. The fourth-order valence-corrected chi connectivity index (χ4v) is 3.57. The molecule has 0 aliphatic heterocycles. The second-order valence-corrected chi connectivity index (χ2v) is 6.93. The maximum atomic E-state index is 12.1. The second kappa shape index (κ2) is 6.80. The lowest BCUT2D eigenvalue weighted by Crippen LogP contribution is -2.40. The first kappa shape index (κ1) is 16.1. The maximum Gasteiger partial charge on any atom is 0.287 e. The van der Waals surface area contributed by atoms with Gasteiger partial charge in [0, 0.05) is 26.0 Å². The molecular formula is C16H21N3O3S. The van der Waals surface area contributed by atoms with E-state index in [1.54, 1.807) is 30.1 Å². The lowest BCUT2D eigenvalue weighted by Gasteiger charge is -2.21. The van der Waals surface area contributed by atoms with Gasteiger partial charge < -0.3 is 19.4 Å². The van der Waals surface area contributed by atoms with Gasteiger partial charge in [-0.3, -0.25) is 4.79 Å². The van der Waals surface area contributed by atoms with E-state index < -0.39 is 5.60 Å². The Labute approximate surface area is 139 Å². The number of amides is 1. The molecule has 23 heavy (non-hydrogen) atoms. The largest absolute Gasteiger partial charge is 0.455 e. The molecular weight excluding hydrogens is 314 g/mol. The zero-order valence-electron chi connectivity index (χ0n) is 13.1. The minimum atomic E-state index is -0.751. The van der Waals surface area contributed by atoms with E-state index in [0.29, 0.717) is 5.75 Å². The topological polar surface area (TPSA) is 80.3 Å². The number of aliphatic hydroxyl groups is 1. The van der Waals surface area contributed by atoms with Crippen LogP contribution in [0.5, 0.6) is 0 Å². The average molecular weight is 335 g/mol. The van der Waals surface area contributed by atoms with E-state index in [0.717, 1.165) is 36.6 Å². The summed E-state index contributed by atoms with van der Waals surface area (Å²) in [7, 11) is 1.93. The van der Waals surface area contributed by atoms with Gasteiger partial charge in [-0.25, -0.2) is 4.98 Å². The van der Waals surface area contributed by atoms with Gasteiger partial charge in [-0.1, -0.05) is 24.6 Å². The highest BCUT2D eigenvalue weighted by Gasteiger charge is 2.31. The smallest absolute Gasteiger partial charge is 0.287 e. The average Bonchev–Trinajstić information content (AvgIpc) is 3.25. The molecule has 2 heterocycles. The number of furan rings is 1. The molecule has 1 saturated carbocycles. The highest BCUT2D eigenvalue weighted by atomic mass is 32.2. The first-order valence-electron chi connectivity index (χ1n) is 7.75. The van der Waals surface area contributed by atoms with Crippen molar-refractivity contribution in [1.29, 1.82) is 0 Å². The van der Waals surface area contributed by atoms with Crippen LogP contribution < -0.4 is 5.32 Å². The number of nitrogens with zero attached hydrogens (tertiary/aromatic N) is 2. The minimum absolute atomic E-state index is 0.279. The van der Waals surface area contributed by atoms with Gasteiger partial charge >= 0.3 is 0 Å². The van der Waals surface area contributed by atoms with Crippen LogP contribution in [0.3, 0.4) is 0 Å². The third-order valence-electron chi connectivity index (χ3n) is 4.12. The molecule has 6 nitrogen and oxygen atoms in total. The van der Waals surface area contributed by atoms with E-state index in [2.05, 4.69) is 10.3 Å². The van der Waals surface area contributed by atoms with E-state index in [-0.39, 0.29) is 18.2 Å². The summed E-state index contributed by atoms with van der Waals surface area (Å²) >= 11 is 1.55. The number of aromatic nitrogens is 2. The summed E-state index contributed by atoms with van der Waals surface area (Å²) in [6.45, 7) is 0.282. The Morgan fingerprint density at radius 1 is 1.48 bits per heavy atom. The molecule has 124 valence electrons. The number of hydrogen-bond donors (Lipinski definition) is 2. The van der Waals surface area contributed by atoms with E-state index in [1.807, 2.05) is 17.8 Å². The van der Waals surface area contributed by atoms with Crippen LogP contribution in [0.1, 0.15) is 42.0 Å². The molecule has 0 aromatic carbocycles. The van der Waals surface area contributed by atoms with Crippen molar-refractivity contribution in [3.05, 3.63) is 36.0 Å². The Hall–Kier alpha value is -1.73. The molecule has 1 amide bonds. The zero-order valence-corrected chi connectivity index (χ0v) is 13.9. The van der Waals surface area contributed by atoms with Gasteiger partial charge in [0.1, 0.15) is 5.76 Å². The molecule has 2 aromatic rings. The summed E-state index contributed by atoms with van der Waals surface area (Å²) in [5, 5.41) is 13.9. The van der Waals surface area contributed by atoms with Crippen molar-refractivity contribution in [2.75, 3.05) is 6.54 Å².